The summed E-state index contributed by atoms with van der Waals surface area (Å²) >= 11 is 0. The van der Waals surface area contributed by atoms with Gasteiger partial charge in [0.2, 0.25) is 0 Å². The summed E-state index contributed by atoms with van der Waals surface area (Å²) in [4.78, 5) is 0. The van der Waals surface area contributed by atoms with Crippen molar-refractivity contribution in [3.05, 3.63) is 0 Å². The van der Waals surface area contributed by atoms with Gasteiger partial charge in [-0.15, -0.1) is 5.92 Å². The average molecular weight is 112 g/mol. The summed E-state index contributed by atoms with van der Waals surface area (Å²) in [6, 6.07) is 0. The van der Waals surface area contributed by atoms with E-state index in [1.165, 1.54) is 0 Å². The van der Waals surface area contributed by atoms with Gasteiger partial charge in [-0.1, -0.05) is 12.8 Å². The highest BCUT2D eigenvalue weighted by molar-refractivity contribution is 5.02. The monoisotopic (exact) mass is 112 g/mol. The van der Waals surface area contributed by atoms with Crippen LogP contribution in [0.25, 0.3) is 0 Å². The molecule has 0 fully saturated rings. The van der Waals surface area contributed by atoms with Gasteiger partial charge >= 0.3 is 0 Å². The van der Waals surface area contributed by atoms with E-state index in [-0.39, 0.29) is 6.10 Å². The van der Waals surface area contributed by atoms with E-state index in [0.29, 0.717) is 0 Å². The lowest BCUT2D eigenvalue weighted by Gasteiger charge is -1.95. The van der Waals surface area contributed by atoms with Crippen molar-refractivity contribution < 1.29 is 4.74 Å². The normalized spacial score (nSPS) is 11.9. The van der Waals surface area contributed by atoms with Crippen LogP contribution in [0.1, 0.15) is 20.3 Å². The summed E-state index contributed by atoms with van der Waals surface area (Å²) in [5.41, 5.74) is 0. The van der Waals surface area contributed by atoms with Gasteiger partial charge in [0.15, 0.2) is 0 Å². The number of ether oxygens (including phenoxy) is 1. The van der Waals surface area contributed by atoms with Gasteiger partial charge in [-0.25, -0.2) is 0 Å². The SMILES string of the molecule is CCC#CC(C)OC. The Morgan fingerprint density at radius 3 is 2.62 bits per heavy atom. The molecule has 0 N–H and O–H groups in total. The molecular weight excluding hydrogens is 100 g/mol. The van der Waals surface area contributed by atoms with E-state index < -0.39 is 0 Å². The van der Waals surface area contributed by atoms with Gasteiger partial charge in [0.05, 0.1) is 0 Å². The first kappa shape index (κ1) is 7.52. The van der Waals surface area contributed by atoms with Crippen molar-refractivity contribution in [2.75, 3.05) is 7.11 Å². The molecule has 0 aromatic carbocycles. The van der Waals surface area contributed by atoms with Gasteiger partial charge in [-0.3, -0.25) is 0 Å². The number of rotatable bonds is 1. The summed E-state index contributed by atoms with van der Waals surface area (Å²) < 4.78 is 4.88. The molecule has 1 unspecified atom stereocenters. The third-order valence-corrected chi connectivity index (χ3v) is 0.836. The molecule has 0 aliphatic rings. The van der Waals surface area contributed by atoms with E-state index in [0.717, 1.165) is 6.42 Å². The van der Waals surface area contributed by atoms with Crippen molar-refractivity contribution in [1.82, 2.24) is 0 Å². The lowest BCUT2D eigenvalue weighted by atomic mass is 10.4. The molecule has 0 spiro atoms. The van der Waals surface area contributed by atoms with Crippen molar-refractivity contribution in [1.29, 1.82) is 0 Å². The Labute approximate surface area is 51.0 Å². The lowest BCUT2D eigenvalue weighted by Crippen LogP contribution is -1.98. The minimum atomic E-state index is 0.0925. The Morgan fingerprint density at radius 1 is 1.62 bits per heavy atom. The van der Waals surface area contributed by atoms with Crippen LogP contribution in [0.3, 0.4) is 0 Å². The maximum Gasteiger partial charge on any atom is 0.115 e. The smallest absolute Gasteiger partial charge is 0.115 e. The van der Waals surface area contributed by atoms with Gasteiger partial charge in [0.25, 0.3) is 0 Å². The first-order valence-corrected chi connectivity index (χ1v) is 2.82. The third kappa shape index (κ3) is 3.70. The van der Waals surface area contributed by atoms with Crippen LogP contribution in [0.15, 0.2) is 0 Å². The van der Waals surface area contributed by atoms with Crippen LogP contribution in [-0.2, 0) is 4.74 Å². The Morgan fingerprint density at radius 2 is 2.25 bits per heavy atom. The Bertz CT molecular complexity index is 96.7. The van der Waals surface area contributed by atoms with E-state index >= 15 is 0 Å². The fraction of sp³-hybridized carbons (Fsp3) is 0.714. The van der Waals surface area contributed by atoms with Crippen molar-refractivity contribution in [3.8, 4) is 11.8 Å². The van der Waals surface area contributed by atoms with Crippen LogP contribution in [0.2, 0.25) is 0 Å². The van der Waals surface area contributed by atoms with Crippen LogP contribution >= 0.6 is 0 Å². The van der Waals surface area contributed by atoms with Gasteiger partial charge in [0, 0.05) is 13.5 Å². The summed E-state index contributed by atoms with van der Waals surface area (Å²) in [6.07, 6.45) is 1.00. The maximum absolute atomic E-state index is 4.88. The minimum absolute atomic E-state index is 0.0925. The molecular formula is C7H12O. The van der Waals surface area contributed by atoms with Crippen LogP contribution < -0.4 is 0 Å². The second-order valence-electron chi connectivity index (χ2n) is 1.55. The first-order chi connectivity index (χ1) is 3.81. The predicted octanol–water partition coefficient (Wildman–Crippen LogP) is 1.43. The fourth-order valence-corrected chi connectivity index (χ4v) is 0.305. The zero-order valence-electron chi connectivity index (χ0n) is 5.69. The second kappa shape index (κ2) is 4.67. The zero-order chi connectivity index (χ0) is 6.41. The van der Waals surface area contributed by atoms with E-state index in [4.69, 9.17) is 4.74 Å². The molecule has 0 bridgehead atoms. The van der Waals surface area contributed by atoms with Crippen molar-refractivity contribution in [3.63, 3.8) is 0 Å². The van der Waals surface area contributed by atoms with E-state index in [1.807, 2.05) is 13.8 Å². The summed E-state index contributed by atoms with van der Waals surface area (Å²) in [6.45, 7) is 3.96. The molecule has 0 aromatic rings. The predicted molar refractivity (Wildman–Crippen MR) is 34.5 cm³/mol. The molecule has 0 aliphatic carbocycles. The molecule has 0 saturated carbocycles. The summed E-state index contributed by atoms with van der Waals surface area (Å²) in [7, 11) is 1.66. The summed E-state index contributed by atoms with van der Waals surface area (Å²) in [5, 5.41) is 0. The average Bonchev–Trinajstić information content (AvgIpc) is 1.83. The van der Waals surface area contributed by atoms with Crippen molar-refractivity contribution in [2.45, 2.75) is 26.4 Å². The highest BCUT2D eigenvalue weighted by Gasteiger charge is 1.86. The molecule has 0 saturated heterocycles. The van der Waals surface area contributed by atoms with Gasteiger partial charge < -0.3 is 4.74 Å². The Balaban J connectivity index is 3.35. The molecule has 0 aromatic heterocycles. The standard InChI is InChI=1S/C7H12O/c1-4-5-6-7(2)8-3/h7H,4H2,1-3H3. The molecule has 0 heterocycles. The minimum Gasteiger partial charge on any atom is -0.369 e. The topological polar surface area (TPSA) is 9.23 Å². The highest BCUT2D eigenvalue weighted by Crippen LogP contribution is 1.82. The summed E-state index contributed by atoms with van der Waals surface area (Å²) in [5.74, 6) is 5.83. The van der Waals surface area contributed by atoms with E-state index in [1.54, 1.807) is 7.11 Å². The molecule has 0 radical (unpaired) electrons. The van der Waals surface area contributed by atoms with Crippen LogP contribution in [0.4, 0.5) is 0 Å². The second-order valence-corrected chi connectivity index (χ2v) is 1.55. The lowest BCUT2D eigenvalue weighted by molar-refractivity contribution is 0.163. The fourth-order valence-electron chi connectivity index (χ4n) is 0.305. The van der Waals surface area contributed by atoms with Gasteiger partial charge in [-0.05, 0) is 6.92 Å². The van der Waals surface area contributed by atoms with Crippen LogP contribution in [0.5, 0.6) is 0 Å². The molecule has 1 atom stereocenters. The Kier molecular flexibility index (Phi) is 4.39. The number of hydrogen-bond acceptors (Lipinski definition) is 1. The largest absolute Gasteiger partial charge is 0.369 e. The molecule has 0 amide bonds. The van der Waals surface area contributed by atoms with Crippen molar-refractivity contribution >= 4 is 0 Å². The third-order valence-electron chi connectivity index (χ3n) is 0.836. The molecule has 1 heteroatoms. The number of methoxy groups -OCH3 is 1. The number of hydrogen-bond donors (Lipinski definition) is 0. The maximum atomic E-state index is 4.88. The first-order valence-electron chi connectivity index (χ1n) is 2.82. The van der Waals surface area contributed by atoms with Crippen molar-refractivity contribution in [2.24, 2.45) is 0 Å². The quantitative estimate of drug-likeness (QED) is 0.466. The molecule has 1 nitrogen and oxygen atoms in total. The highest BCUT2D eigenvalue weighted by atomic mass is 16.5. The van der Waals surface area contributed by atoms with Gasteiger partial charge in [-0.2, -0.15) is 0 Å². The molecule has 46 valence electrons. The van der Waals surface area contributed by atoms with E-state index in [2.05, 4.69) is 11.8 Å². The molecule has 0 rings (SSSR count). The van der Waals surface area contributed by atoms with Crippen LogP contribution in [-0.4, -0.2) is 13.2 Å². The zero-order valence-corrected chi connectivity index (χ0v) is 5.69. The van der Waals surface area contributed by atoms with Crippen LogP contribution in [0, 0.1) is 11.8 Å². The van der Waals surface area contributed by atoms with Gasteiger partial charge in [0.1, 0.15) is 6.10 Å². The Hall–Kier alpha value is -0.480. The molecule has 8 heavy (non-hydrogen) atoms. The molecule has 0 aliphatic heterocycles. The van der Waals surface area contributed by atoms with E-state index in [9.17, 15) is 0 Å².